The maximum atomic E-state index is 13.4. The minimum atomic E-state index is -4.81. The Labute approximate surface area is 219 Å². The molecule has 0 bridgehead atoms. The first-order valence-electron chi connectivity index (χ1n) is 11.5. The van der Waals surface area contributed by atoms with Crippen LogP contribution in [0.25, 0.3) is 0 Å². The zero-order valence-corrected chi connectivity index (χ0v) is 21.5. The molecule has 0 unspecified atom stereocenters. The standard InChI is InChI=1S/C26H26ClF3N2O4S/c1-2-36-21-13-10-19(11-14-21)7-6-16-31-25(33)18-32(37(34,35)22-8-4-3-5-9-22)20-12-15-24(27)23(17-20)26(28,29)30/h3-5,8-15,17H,2,6-7,16,18H2,1H3,(H,31,33). The van der Waals surface area contributed by atoms with Crippen LogP contribution in [0.4, 0.5) is 18.9 Å². The van der Waals surface area contributed by atoms with E-state index in [0.29, 0.717) is 29.8 Å². The van der Waals surface area contributed by atoms with Crippen LogP contribution >= 0.6 is 11.6 Å². The highest BCUT2D eigenvalue weighted by atomic mass is 35.5. The Balaban J connectivity index is 1.74. The molecule has 3 rings (SSSR count). The number of nitrogens with zero attached hydrogens (tertiary/aromatic N) is 1. The second-order valence-corrected chi connectivity index (χ2v) is 10.3. The number of nitrogens with one attached hydrogen (secondary N) is 1. The number of anilines is 1. The normalized spacial score (nSPS) is 11.7. The average Bonchev–Trinajstić information content (AvgIpc) is 2.86. The van der Waals surface area contributed by atoms with Crippen LogP contribution < -0.4 is 14.4 Å². The van der Waals surface area contributed by atoms with Gasteiger partial charge in [-0.1, -0.05) is 41.9 Å². The lowest BCUT2D eigenvalue weighted by molar-refractivity contribution is -0.137. The molecule has 0 saturated heterocycles. The Morgan fingerprint density at radius 2 is 1.70 bits per heavy atom. The van der Waals surface area contributed by atoms with E-state index in [1.807, 2.05) is 31.2 Å². The third-order valence-electron chi connectivity index (χ3n) is 5.36. The van der Waals surface area contributed by atoms with Crippen molar-refractivity contribution in [3.8, 4) is 5.75 Å². The zero-order chi connectivity index (χ0) is 27.1. The van der Waals surface area contributed by atoms with E-state index in [1.54, 1.807) is 6.07 Å². The summed E-state index contributed by atoms with van der Waals surface area (Å²) in [5, 5.41) is 2.07. The zero-order valence-electron chi connectivity index (χ0n) is 20.0. The molecule has 11 heteroatoms. The number of benzene rings is 3. The van der Waals surface area contributed by atoms with Crippen LogP contribution in [-0.2, 0) is 27.4 Å². The highest BCUT2D eigenvalue weighted by molar-refractivity contribution is 7.92. The molecular weight excluding hydrogens is 529 g/mol. The molecule has 0 spiro atoms. The number of hydrogen-bond acceptors (Lipinski definition) is 4. The molecule has 0 aliphatic carbocycles. The number of carbonyl (C=O) groups excluding carboxylic acids is 1. The van der Waals surface area contributed by atoms with Gasteiger partial charge in [-0.05, 0) is 67.8 Å². The van der Waals surface area contributed by atoms with E-state index < -0.39 is 39.2 Å². The van der Waals surface area contributed by atoms with Crippen molar-refractivity contribution < 1.29 is 31.1 Å². The molecule has 3 aromatic carbocycles. The maximum absolute atomic E-state index is 13.4. The van der Waals surface area contributed by atoms with Crippen LogP contribution in [0.1, 0.15) is 24.5 Å². The maximum Gasteiger partial charge on any atom is 0.417 e. The number of halogens is 4. The van der Waals surface area contributed by atoms with Gasteiger partial charge in [-0.2, -0.15) is 13.2 Å². The van der Waals surface area contributed by atoms with Crippen LogP contribution in [0.5, 0.6) is 5.75 Å². The fourth-order valence-corrected chi connectivity index (χ4v) is 5.20. The predicted octanol–water partition coefficient (Wildman–Crippen LogP) is 5.70. The Hall–Kier alpha value is -3.24. The van der Waals surface area contributed by atoms with Gasteiger partial charge in [0.2, 0.25) is 5.91 Å². The highest BCUT2D eigenvalue weighted by Crippen LogP contribution is 2.38. The second kappa shape index (κ2) is 12.3. The molecule has 0 fully saturated rings. The molecule has 37 heavy (non-hydrogen) atoms. The number of sulfonamides is 1. The first-order valence-corrected chi connectivity index (χ1v) is 13.3. The summed E-state index contributed by atoms with van der Waals surface area (Å²) in [6.45, 7) is 2.00. The average molecular weight is 555 g/mol. The molecule has 0 aromatic heterocycles. The third kappa shape index (κ3) is 7.62. The first-order chi connectivity index (χ1) is 17.5. The number of aryl methyl sites for hydroxylation is 1. The van der Waals surface area contributed by atoms with Crippen LogP contribution in [0, 0.1) is 0 Å². The quantitative estimate of drug-likeness (QED) is 0.308. The summed E-state index contributed by atoms with van der Waals surface area (Å²) in [7, 11) is -4.36. The van der Waals surface area contributed by atoms with Crippen molar-refractivity contribution in [1.82, 2.24) is 5.32 Å². The molecule has 0 saturated carbocycles. The highest BCUT2D eigenvalue weighted by Gasteiger charge is 2.35. The number of amides is 1. The van der Waals surface area contributed by atoms with Gasteiger partial charge in [0.05, 0.1) is 27.8 Å². The molecule has 0 aliphatic heterocycles. The lowest BCUT2D eigenvalue weighted by atomic mass is 10.1. The number of rotatable bonds is 11. The SMILES string of the molecule is CCOc1ccc(CCCNC(=O)CN(c2ccc(Cl)c(C(F)(F)F)c2)S(=O)(=O)c2ccccc2)cc1. The molecule has 0 radical (unpaired) electrons. The molecule has 1 amide bonds. The molecule has 1 N–H and O–H groups in total. The minimum absolute atomic E-state index is 0.165. The van der Waals surface area contributed by atoms with E-state index >= 15 is 0 Å². The van der Waals surface area contributed by atoms with E-state index in [1.165, 1.54) is 24.3 Å². The smallest absolute Gasteiger partial charge is 0.417 e. The summed E-state index contributed by atoms with van der Waals surface area (Å²) >= 11 is 5.71. The van der Waals surface area contributed by atoms with Gasteiger partial charge in [0, 0.05) is 6.54 Å². The van der Waals surface area contributed by atoms with E-state index in [0.717, 1.165) is 23.4 Å². The molecular formula is C26H26ClF3N2O4S. The number of carbonyl (C=O) groups is 1. The first kappa shape index (κ1) is 28.3. The van der Waals surface area contributed by atoms with Gasteiger partial charge in [0.1, 0.15) is 12.3 Å². The summed E-state index contributed by atoms with van der Waals surface area (Å²) in [6.07, 6.45) is -3.58. The monoisotopic (exact) mass is 554 g/mol. The molecule has 0 aliphatic rings. The fraction of sp³-hybridized carbons (Fsp3) is 0.269. The number of ether oxygens (including phenoxy) is 1. The Morgan fingerprint density at radius 1 is 1.03 bits per heavy atom. The molecule has 198 valence electrons. The number of hydrogen-bond donors (Lipinski definition) is 1. The van der Waals surface area contributed by atoms with Crippen molar-refractivity contribution >= 4 is 33.2 Å². The van der Waals surface area contributed by atoms with Gasteiger partial charge in [-0.15, -0.1) is 0 Å². The third-order valence-corrected chi connectivity index (χ3v) is 7.48. The van der Waals surface area contributed by atoms with E-state index in [9.17, 15) is 26.4 Å². The van der Waals surface area contributed by atoms with Crippen molar-refractivity contribution in [2.45, 2.75) is 30.8 Å². The Bertz CT molecular complexity index is 1300. The summed E-state index contributed by atoms with van der Waals surface area (Å²) in [5.74, 6) is 0.102. The van der Waals surface area contributed by atoms with E-state index in [4.69, 9.17) is 16.3 Å². The van der Waals surface area contributed by atoms with Crippen molar-refractivity contribution in [3.63, 3.8) is 0 Å². The summed E-state index contributed by atoms with van der Waals surface area (Å²) in [4.78, 5) is 12.5. The van der Waals surface area contributed by atoms with Gasteiger partial charge in [-0.3, -0.25) is 9.10 Å². The number of alkyl halides is 3. The molecule has 6 nitrogen and oxygen atoms in total. The topological polar surface area (TPSA) is 75.7 Å². The minimum Gasteiger partial charge on any atom is -0.494 e. The lowest BCUT2D eigenvalue weighted by Gasteiger charge is -2.25. The largest absolute Gasteiger partial charge is 0.494 e. The predicted molar refractivity (Wildman–Crippen MR) is 136 cm³/mol. The van der Waals surface area contributed by atoms with Crippen molar-refractivity contribution in [3.05, 3.63) is 88.9 Å². The Morgan fingerprint density at radius 3 is 2.32 bits per heavy atom. The summed E-state index contributed by atoms with van der Waals surface area (Å²) in [6, 6.07) is 17.4. The van der Waals surface area contributed by atoms with E-state index in [2.05, 4.69) is 5.32 Å². The van der Waals surface area contributed by atoms with Crippen LogP contribution in [0.2, 0.25) is 5.02 Å². The van der Waals surface area contributed by atoms with E-state index in [-0.39, 0.29) is 17.1 Å². The second-order valence-electron chi connectivity index (χ2n) is 8.02. The molecule has 0 heterocycles. The summed E-state index contributed by atoms with van der Waals surface area (Å²) in [5.41, 5.74) is -0.493. The van der Waals surface area contributed by atoms with Gasteiger partial charge < -0.3 is 10.1 Å². The lowest BCUT2D eigenvalue weighted by Crippen LogP contribution is -2.41. The van der Waals surface area contributed by atoms with Crippen LogP contribution in [-0.4, -0.2) is 34.0 Å². The molecule has 0 atom stereocenters. The van der Waals surface area contributed by atoms with Crippen molar-refractivity contribution in [2.75, 3.05) is 24.0 Å². The van der Waals surface area contributed by atoms with Crippen molar-refractivity contribution in [1.29, 1.82) is 0 Å². The van der Waals surface area contributed by atoms with Gasteiger partial charge in [0.25, 0.3) is 10.0 Å². The van der Waals surface area contributed by atoms with Gasteiger partial charge in [0.15, 0.2) is 0 Å². The van der Waals surface area contributed by atoms with Gasteiger partial charge in [-0.25, -0.2) is 8.42 Å². The summed E-state index contributed by atoms with van der Waals surface area (Å²) < 4.78 is 73.0. The fourth-order valence-electron chi connectivity index (χ4n) is 3.55. The van der Waals surface area contributed by atoms with Crippen molar-refractivity contribution in [2.24, 2.45) is 0 Å². The van der Waals surface area contributed by atoms with Gasteiger partial charge >= 0.3 is 6.18 Å². The Kier molecular flexibility index (Phi) is 9.45. The molecule has 3 aromatic rings. The van der Waals surface area contributed by atoms with Crippen LogP contribution in [0.3, 0.4) is 0 Å². The van der Waals surface area contributed by atoms with Crippen LogP contribution in [0.15, 0.2) is 77.7 Å².